The molecule has 0 aliphatic heterocycles. The molecule has 25 heavy (non-hydrogen) atoms. The molecule has 4 aromatic rings. The van der Waals surface area contributed by atoms with Crippen LogP contribution in [0.3, 0.4) is 0 Å². The molecular weight excluding hydrogens is 306 g/mol. The molecule has 0 atom stereocenters. The van der Waals surface area contributed by atoms with Crippen molar-refractivity contribution in [2.24, 2.45) is 0 Å². The van der Waals surface area contributed by atoms with Crippen molar-refractivity contribution in [1.29, 1.82) is 0 Å². The minimum atomic E-state index is -0.0135. The Bertz CT molecular complexity index is 1100. The van der Waals surface area contributed by atoms with Gasteiger partial charge >= 0.3 is 0 Å². The van der Waals surface area contributed by atoms with Gasteiger partial charge in [0.05, 0.1) is 0 Å². The van der Waals surface area contributed by atoms with E-state index in [2.05, 4.69) is 57.2 Å². The highest BCUT2D eigenvalue weighted by Crippen LogP contribution is 2.50. The van der Waals surface area contributed by atoms with E-state index < -0.39 is 0 Å². The second kappa shape index (κ2) is 4.82. The molecule has 1 aliphatic carbocycles. The molecule has 1 heterocycles. The molecule has 0 fully saturated rings. The molecule has 0 saturated heterocycles. The lowest BCUT2D eigenvalue weighted by atomic mass is 9.81. The Kier molecular flexibility index (Phi) is 2.79. The Hall–Kier alpha value is -2.87. The fraction of sp³-hybridized carbons (Fsp3) is 0.174. The number of nitrogens with zero attached hydrogens (tertiary/aromatic N) is 1. The third-order valence-corrected chi connectivity index (χ3v) is 5.45. The first kappa shape index (κ1) is 14.5. The van der Waals surface area contributed by atoms with Crippen molar-refractivity contribution in [1.82, 2.24) is 4.98 Å². The zero-order chi connectivity index (χ0) is 17.2. The summed E-state index contributed by atoms with van der Waals surface area (Å²) in [4.78, 5) is 4.70. The molecule has 2 heteroatoms. The number of benzene rings is 3. The smallest absolute Gasteiger partial charge is 0.227 e. The van der Waals surface area contributed by atoms with Crippen molar-refractivity contribution in [3.8, 4) is 22.6 Å². The highest BCUT2D eigenvalue weighted by atomic mass is 16.3. The van der Waals surface area contributed by atoms with Crippen LogP contribution in [-0.2, 0) is 5.41 Å². The van der Waals surface area contributed by atoms with Crippen molar-refractivity contribution >= 4 is 11.1 Å². The molecule has 2 nitrogen and oxygen atoms in total. The summed E-state index contributed by atoms with van der Waals surface area (Å²) in [5.41, 5.74) is 9.40. The van der Waals surface area contributed by atoms with Gasteiger partial charge in [-0.3, -0.25) is 0 Å². The molecular formula is C23H19NO. The highest BCUT2D eigenvalue weighted by Gasteiger charge is 2.36. The fourth-order valence-electron chi connectivity index (χ4n) is 4.07. The predicted octanol–water partition coefficient (Wildman–Crippen LogP) is 6.11. The van der Waals surface area contributed by atoms with E-state index in [1.54, 1.807) is 0 Å². The maximum atomic E-state index is 6.03. The Morgan fingerprint density at radius 1 is 0.800 bits per heavy atom. The Balaban J connectivity index is 1.76. The summed E-state index contributed by atoms with van der Waals surface area (Å²) in [6.07, 6.45) is 0. The van der Waals surface area contributed by atoms with Gasteiger partial charge in [0.1, 0.15) is 5.52 Å². The first-order valence-electron chi connectivity index (χ1n) is 8.66. The average Bonchev–Trinajstić information content (AvgIpc) is 3.13. The van der Waals surface area contributed by atoms with E-state index in [0.717, 1.165) is 16.7 Å². The summed E-state index contributed by atoms with van der Waals surface area (Å²) in [6, 6.07) is 21.2. The normalized spacial score (nSPS) is 14.5. The van der Waals surface area contributed by atoms with E-state index in [0.29, 0.717) is 5.89 Å². The number of rotatable bonds is 1. The van der Waals surface area contributed by atoms with E-state index in [-0.39, 0.29) is 5.41 Å². The van der Waals surface area contributed by atoms with Crippen LogP contribution in [0.15, 0.2) is 65.1 Å². The Morgan fingerprint density at radius 3 is 2.40 bits per heavy atom. The monoisotopic (exact) mass is 325 g/mol. The fourth-order valence-corrected chi connectivity index (χ4v) is 4.07. The molecule has 0 amide bonds. The van der Waals surface area contributed by atoms with Gasteiger partial charge in [0.15, 0.2) is 5.58 Å². The number of aromatic nitrogens is 1. The van der Waals surface area contributed by atoms with Crippen LogP contribution in [-0.4, -0.2) is 4.98 Å². The quantitative estimate of drug-likeness (QED) is 0.422. The second-order valence-electron chi connectivity index (χ2n) is 7.37. The van der Waals surface area contributed by atoms with Gasteiger partial charge in [0.25, 0.3) is 0 Å². The maximum Gasteiger partial charge on any atom is 0.227 e. The molecule has 0 unspecified atom stereocenters. The Morgan fingerprint density at radius 2 is 1.56 bits per heavy atom. The molecule has 3 aromatic carbocycles. The molecule has 0 radical (unpaired) electrons. The minimum Gasteiger partial charge on any atom is -0.436 e. The van der Waals surface area contributed by atoms with Crippen LogP contribution in [0.1, 0.15) is 30.5 Å². The molecule has 1 aromatic heterocycles. The van der Waals surface area contributed by atoms with E-state index in [1.165, 1.54) is 27.8 Å². The minimum absolute atomic E-state index is 0.0135. The largest absolute Gasteiger partial charge is 0.436 e. The van der Waals surface area contributed by atoms with Gasteiger partial charge in [-0.05, 0) is 52.9 Å². The van der Waals surface area contributed by atoms with Gasteiger partial charge in [0.2, 0.25) is 5.89 Å². The summed E-state index contributed by atoms with van der Waals surface area (Å²) < 4.78 is 6.03. The zero-order valence-corrected chi connectivity index (χ0v) is 14.6. The van der Waals surface area contributed by atoms with Crippen LogP contribution < -0.4 is 0 Å². The maximum absolute atomic E-state index is 6.03. The highest BCUT2D eigenvalue weighted by molar-refractivity contribution is 5.85. The first-order valence-corrected chi connectivity index (χ1v) is 8.66. The summed E-state index contributed by atoms with van der Waals surface area (Å²) >= 11 is 0. The number of oxazole rings is 1. The lowest BCUT2D eigenvalue weighted by Crippen LogP contribution is -2.15. The van der Waals surface area contributed by atoms with Gasteiger partial charge in [-0.1, -0.05) is 56.3 Å². The van der Waals surface area contributed by atoms with Crippen LogP contribution in [0, 0.1) is 6.92 Å². The van der Waals surface area contributed by atoms with E-state index >= 15 is 0 Å². The van der Waals surface area contributed by atoms with Crippen LogP contribution in [0.25, 0.3) is 33.7 Å². The lowest BCUT2D eigenvalue weighted by Gasteiger charge is -2.22. The summed E-state index contributed by atoms with van der Waals surface area (Å²) in [7, 11) is 0. The topological polar surface area (TPSA) is 26.0 Å². The Labute approximate surface area is 147 Å². The van der Waals surface area contributed by atoms with Crippen molar-refractivity contribution in [2.75, 3.05) is 0 Å². The molecule has 0 bridgehead atoms. The summed E-state index contributed by atoms with van der Waals surface area (Å²) in [5.74, 6) is 0.702. The third-order valence-electron chi connectivity index (χ3n) is 5.45. The van der Waals surface area contributed by atoms with Crippen molar-refractivity contribution in [2.45, 2.75) is 26.2 Å². The molecule has 1 aliphatic rings. The SMILES string of the molecule is Cc1cc2c(cc1-c1nc3ccccc3o1)C(C)(C)c1ccccc1-2. The number of fused-ring (bicyclic) bond motifs is 4. The standard InChI is InChI=1S/C23H19NO/c1-14-12-17-15-8-4-5-9-18(15)23(2,3)19(17)13-16(14)22-24-20-10-6-7-11-21(20)25-22/h4-13H,1-3H3. The van der Waals surface area contributed by atoms with Gasteiger partial charge in [-0.2, -0.15) is 0 Å². The van der Waals surface area contributed by atoms with Gasteiger partial charge < -0.3 is 4.42 Å². The third kappa shape index (κ3) is 1.94. The molecule has 0 N–H and O–H groups in total. The molecule has 122 valence electrons. The van der Waals surface area contributed by atoms with Crippen LogP contribution >= 0.6 is 0 Å². The van der Waals surface area contributed by atoms with Crippen LogP contribution in [0.4, 0.5) is 0 Å². The van der Waals surface area contributed by atoms with Gasteiger partial charge in [-0.15, -0.1) is 0 Å². The van der Waals surface area contributed by atoms with Crippen molar-refractivity contribution < 1.29 is 4.42 Å². The van der Waals surface area contributed by atoms with Crippen molar-refractivity contribution in [3.05, 3.63) is 77.4 Å². The van der Waals surface area contributed by atoms with Crippen LogP contribution in [0.2, 0.25) is 0 Å². The van der Waals surface area contributed by atoms with E-state index in [4.69, 9.17) is 9.40 Å². The van der Waals surface area contributed by atoms with Gasteiger partial charge in [0, 0.05) is 11.0 Å². The van der Waals surface area contributed by atoms with Gasteiger partial charge in [-0.25, -0.2) is 4.98 Å². The number of hydrogen-bond donors (Lipinski definition) is 0. The molecule has 5 rings (SSSR count). The van der Waals surface area contributed by atoms with E-state index in [9.17, 15) is 0 Å². The lowest BCUT2D eigenvalue weighted by molar-refractivity contribution is 0.618. The summed E-state index contributed by atoms with van der Waals surface area (Å²) in [6.45, 7) is 6.73. The number of aryl methyl sites for hydroxylation is 1. The first-order chi connectivity index (χ1) is 12.1. The number of para-hydroxylation sites is 2. The predicted molar refractivity (Wildman–Crippen MR) is 102 cm³/mol. The van der Waals surface area contributed by atoms with Crippen molar-refractivity contribution in [3.63, 3.8) is 0 Å². The molecule has 0 saturated carbocycles. The number of hydrogen-bond acceptors (Lipinski definition) is 2. The second-order valence-corrected chi connectivity index (χ2v) is 7.37. The average molecular weight is 325 g/mol. The summed E-state index contributed by atoms with van der Waals surface area (Å²) in [5, 5.41) is 0. The zero-order valence-electron chi connectivity index (χ0n) is 14.6. The van der Waals surface area contributed by atoms with E-state index in [1.807, 2.05) is 24.3 Å². The van der Waals surface area contributed by atoms with Crippen LogP contribution in [0.5, 0.6) is 0 Å². The molecule has 0 spiro atoms.